The molecular formula is C19H27N3O2. The predicted molar refractivity (Wildman–Crippen MR) is 94.1 cm³/mol. The minimum absolute atomic E-state index is 0.103. The Morgan fingerprint density at radius 2 is 2.25 bits per heavy atom. The van der Waals surface area contributed by atoms with Crippen molar-refractivity contribution in [3.63, 3.8) is 0 Å². The molecule has 24 heavy (non-hydrogen) atoms. The molecule has 0 saturated heterocycles. The number of aromatic nitrogens is 2. The highest BCUT2D eigenvalue weighted by molar-refractivity contribution is 5.27. The molecule has 1 fully saturated rings. The monoisotopic (exact) mass is 329 g/mol. The van der Waals surface area contributed by atoms with E-state index in [1.54, 1.807) is 6.20 Å². The van der Waals surface area contributed by atoms with Crippen molar-refractivity contribution < 1.29 is 9.84 Å². The van der Waals surface area contributed by atoms with E-state index in [4.69, 9.17) is 4.74 Å². The lowest BCUT2D eigenvalue weighted by atomic mass is 9.89. The van der Waals surface area contributed by atoms with Crippen LogP contribution in [0, 0.1) is 6.92 Å². The molecular weight excluding hydrogens is 302 g/mol. The number of aryl methyl sites for hydroxylation is 2. The summed E-state index contributed by atoms with van der Waals surface area (Å²) in [5.41, 5.74) is 1.17. The maximum atomic E-state index is 10.6. The van der Waals surface area contributed by atoms with Gasteiger partial charge < -0.3 is 15.2 Å². The average molecular weight is 329 g/mol. The van der Waals surface area contributed by atoms with Gasteiger partial charge in [0.15, 0.2) is 0 Å². The second kappa shape index (κ2) is 8.31. The lowest BCUT2D eigenvalue weighted by molar-refractivity contribution is -0.0153. The summed E-state index contributed by atoms with van der Waals surface area (Å²) in [4.78, 5) is 0. The highest BCUT2D eigenvalue weighted by Crippen LogP contribution is 2.25. The average Bonchev–Trinajstić information content (AvgIpc) is 3.08. The fourth-order valence-electron chi connectivity index (χ4n) is 3.32. The van der Waals surface area contributed by atoms with Gasteiger partial charge >= 0.3 is 0 Å². The molecule has 0 aliphatic heterocycles. The number of nitrogens with zero attached hydrogens (tertiary/aromatic N) is 2. The van der Waals surface area contributed by atoms with Crippen molar-refractivity contribution >= 4 is 0 Å². The zero-order valence-electron chi connectivity index (χ0n) is 14.3. The van der Waals surface area contributed by atoms with Gasteiger partial charge in [-0.3, -0.25) is 4.68 Å². The summed E-state index contributed by atoms with van der Waals surface area (Å²) in [5, 5.41) is 18.3. The van der Waals surface area contributed by atoms with Crippen molar-refractivity contribution in [1.29, 1.82) is 0 Å². The summed E-state index contributed by atoms with van der Waals surface area (Å²) < 4.78 is 7.97. The lowest BCUT2D eigenvalue weighted by Gasteiger charge is -2.35. The third-order valence-electron chi connectivity index (χ3n) is 4.60. The molecule has 1 saturated carbocycles. The van der Waals surface area contributed by atoms with Crippen LogP contribution in [-0.4, -0.2) is 39.7 Å². The van der Waals surface area contributed by atoms with E-state index in [-0.39, 0.29) is 12.1 Å². The van der Waals surface area contributed by atoms with E-state index < -0.39 is 6.10 Å². The van der Waals surface area contributed by atoms with Crippen molar-refractivity contribution in [3.8, 4) is 5.75 Å². The van der Waals surface area contributed by atoms with Gasteiger partial charge in [0.25, 0.3) is 0 Å². The zero-order chi connectivity index (χ0) is 16.8. The summed E-state index contributed by atoms with van der Waals surface area (Å²) in [7, 11) is 0. The van der Waals surface area contributed by atoms with Gasteiger partial charge in [0.1, 0.15) is 18.0 Å². The van der Waals surface area contributed by atoms with Crippen LogP contribution in [0.15, 0.2) is 42.7 Å². The number of benzene rings is 1. The normalized spacial score (nSPS) is 24.0. The molecule has 0 amide bonds. The van der Waals surface area contributed by atoms with E-state index in [0.717, 1.165) is 44.5 Å². The number of rotatable bonds is 7. The number of ether oxygens (including phenoxy) is 1. The number of aliphatic hydroxyl groups is 1. The number of hydrogen-bond donors (Lipinski definition) is 2. The van der Waals surface area contributed by atoms with Gasteiger partial charge in [-0.15, -0.1) is 0 Å². The summed E-state index contributed by atoms with van der Waals surface area (Å²) in [6.07, 6.45) is 7.14. The first-order valence-electron chi connectivity index (χ1n) is 8.84. The second-order valence-corrected chi connectivity index (χ2v) is 6.58. The van der Waals surface area contributed by atoms with Crippen molar-refractivity contribution in [2.45, 2.75) is 57.4 Å². The molecule has 3 atom stereocenters. The van der Waals surface area contributed by atoms with Crippen LogP contribution in [0.3, 0.4) is 0 Å². The first-order chi connectivity index (χ1) is 11.7. The Morgan fingerprint density at radius 3 is 3.04 bits per heavy atom. The molecule has 0 radical (unpaired) electrons. The fraction of sp³-hybridized carbons (Fsp3) is 0.526. The smallest absolute Gasteiger partial charge is 0.126 e. The van der Waals surface area contributed by atoms with Crippen molar-refractivity contribution in [2.24, 2.45) is 0 Å². The molecule has 1 aliphatic rings. The maximum Gasteiger partial charge on any atom is 0.126 e. The van der Waals surface area contributed by atoms with Crippen LogP contribution >= 0.6 is 0 Å². The van der Waals surface area contributed by atoms with E-state index in [1.807, 2.05) is 48.1 Å². The summed E-state index contributed by atoms with van der Waals surface area (Å²) in [5.74, 6) is 0.846. The highest BCUT2D eigenvalue weighted by atomic mass is 16.5. The van der Waals surface area contributed by atoms with Crippen molar-refractivity contribution in [2.75, 3.05) is 6.54 Å². The molecule has 2 N–H and O–H groups in total. The first-order valence-corrected chi connectivity index (χ1v) is 8.84. The topological polar surface area (TPSA) is 59.3 Å². The molecule has 3 rings (SSSR count). The van der Waals surface area contributed by atoms with Crippen LogP contribution in [0.25, 0.3) is 0 Å². The quantitative estimate of drug-likeness (QED) is 0.767. The largest absolute Gasteiger partial charge is 0.488 e. The van der Waals surface area contributed by atoms with Gasteiger partial charge in [0.2, 0.25) is 0 Å². The lowest BCUT2D eigenvalue weighted by Crippen LogP contribution is -2.51. The summed E-state index contributed by atoms with van der Waals surface area (Å²) in [6.45, 7) is 3.82. The first kappa shape index (κ1) is 17.0. The van der Waals surface area contributed by atoms with E-state index in [9.17, 15) is 5.11 Å². The van der Waals surface area contributed by atoms with E-state index in [2.05, 4.69) is 10.4 Å². The molecule has 130 valence electrons. The van der Waals surface area contributed by atoms with Crippen LogP contribution in [0.5, 0.6) is 5.75 Å². The van der Waals surface area contributed by atoms with E-state index >= 15 is 0 Å². The Balaban J connectivity index is 1.46. The van der Waals surface area contributed by atoms with Crippen LogP contribution in [-0.2, 0) is 6.54 Å². The molecule has 5 heteroatoms. The predicted octanol–water partition coefficient (Wildman–Crippen LogP) is 2.53. The Labute approximate surface area is 143 Å². The highest BCUT2D eigenvalue weighted by Gasteiger charge is 2.32. The molecule has 1 heterocycles. The van der Waals surface area contributed by atoms with Crippen LogP contribution in [0.1, 0.15) is 31.2 Å². The number of hydrogen-bond acceptors (Lipinski definition) is 4. The third-order valence-corrected chi connectivity index (χ3v) is 4.60. The number of aliphatic hydroxyl groups excluding tert-OH is 1. The van der Waals surface area contributed by atoms with Gasteiger partial charge in [-0.2, -0.15) is 5.10 Å². The van der Waals surface area contributed by atoms with Crippen LogP contribution in [0.4, 0.5) is 0 Å². The molecule has 1 aromatic carbocycles. The molecule has 0 unspecified atom stereocenters. The number of nitrogens with one attached hydrogen (secondary N) is 1. The van der Waals surface area contributed by atoms with Gasteiger partial charge in [0.05, 0.1) is 0 Å². The second-order valence-electron chi connectivity index (χ2n) is 6.58. The summed E-state index contributed by atoms with van der Waals surface area (Å²) in [6, 6.07) is 10.1. The molecule has 0 spiro atoms. The van der Waals surface area contributed by atoms with E-state index in [1.165, 1.54) is 5.56 Å². The van der Waals surface area contributed by atoms with Gasteiger partial charge in [-0.1, -0.05) is 12.1 Å². The van der Waals surface area contributed by atoms with Crippen molar-refractivity contribution in [1.82, 2.24) is 15.1 Å². The van der Waals surface area contributed by atoms with E-state index in [0.29, 0.717) is 0 Å². The van der Waals surface area contributed by atoms with Crippen molar-refractivity contribution in [3.05, 3.63) is 48.3 Å². The Kier molecular flexibility index (Phi) is 5.88. The van der Waals surface area contributed by atoms with Crippen LogP contribution < -0.4 is 10.1 Å². The SMILES string of the molecule is Cc1cccc(O[C@@H]2CCC[C@H](NCCCn3cccn3)[C@H]2O)c1. The van der Waals surface area contributed by atoms with Gasteiger partial charge in [-0.25, -0.2) is 0 Å². The molecule has 2 aromatic rings. The Hall–Kier alpha value is -1.85. The summed E-state index contributed by atoms with van der Waals surface area (Å²) >= 11 is 0. The third kappa shape index (κ3) is 4.58. The van der Waals surface area contributed by atoms with Gasteiger partial charge in [0, 0.05) is 25.0 Å². The zero-order valence-corrected chi connectivity index (χ0v) is 14.3. The Morgan fingerprint density at radius 1 is 1.33 bits per heavy atom. The van der Waals surface area contributed by atoms with Gasteiger partial charge in [-0.05, 0) is 62.9 Å². The minimum Gasteiger partial charge on any atom is -0.488 e. The minimum atomic E-state index is -0.469. The molecule has 1 aromatic heterocycles. The molecule has 0 bridgehead atoms. The molecule has 1 aliphatic carbocycles. The maximum absolute atomic E-state index is 10.6. The molecule has 5 nitrogen and oxygen atoms in total. The van der Waals surface area contributed by atoms with Crippen LogP contribution in [0.2, 0.25) is 0 Å². The Bertz CT molecular complexity index is 615. The standard InChI is InChI=1S/C19H27N3O2/c1-15-6-2-7-16(14-15)24-18-9-3-8-17(19(18)23)20-10-4-12-22-13-5-11-21-22/h2,5-7,11,13-14,17-20,23H,3-4,8-10,12H2,1H3/t17-,18+,19+/m0/s1. The fourth-order valence-corrected chi connectivity index (χ4v) is 3.32.